The number of hydrogen-bond donors (Lipinski definition) is 1. The van der Waals surface area contributed by atoms with Crippen molar-refractivity contribution in [2.45, 2.75) is 13.8 Å². The quantitative estimate of drug-likeness (QED) is 0.828. The van der Waals surface area contributed by atoms with Gasteiger partial charge in [0.25, 0.3) is 0 Å². The number of hydrogen-bond acceptors (Lipinski definition) is 3. The van der Waals surface area contributed by atoms with Gasteiger partial charge >= 0.3 is 0 Å². The third-order valence-corrected chi connectivity index (χ3v) is 2.19. The van der Waals surface area contributed by atoms with Gasteiger partial charge < -0.3 is 5.32 Å². The minimum absolute atomic E-state index is 0.113. The highest BCUT2D eigenvalue weighted by atomic mass is 16.1. The number of anilines is 1. The van der Waals surface area contributed by atoms with Crippen LogP contribution in [0.4, 0.5) is 5.69 Å². The number of rotatable bonds is 2. The van der Waals surface area contributed by atoms with Gasteiger partial charge in [-0.2, -0.15) is 0 Å². The number of nitrogens with one attached hydrogen (secondary N) is 1. The van der Waals surface area contributed by atoms with Gasteiger partial charge in [-0.15, -0.1) is 0 Å². The van der Waals surface area contributed by atoms with Crippen LogP contribution in [0.15, 0.2) is 31.0 Å². The second-order valence-electron chi connectivity index (χ2n) is 3.48. The second kappa shape index (κ2) is 4.14. The molecule has 0 atom stereocenters. The second-order valence-corrected chi connectivity index (χ2v) is 3.48. The largest absolute Gasteiger partial charge is 0.323 e. The van der Waals surface area contributed by atoms with Crippen molar-refractivity contribution in [3.63, 3.8) is 0 Å². The monoisotopic (exact) mass is 216 g/mol. The van der Waals surface area contributed by atoms with Crippen LogP contribution in [0, 0.1) is 6.92 Å². The average molecular weight is 216 g/mol. The Labute approximate surface area is 93.2 Å². The lowest BCUT2D eigenvalue weighted by Crippen LogP contribution is -2.11. The number of amides is 1. The SMILES string of the molecule is CC(=O)Nc1c(C)ccnc1-n1ccnc1. The summed E-state index contributed by atoms with van der Waals surface area (Å²) in [4.78, 5) is 19.3. The fourth-order valence-corrected chi connectivity index (χ4v) is 1.45. The third-order valence-electron chi connectivity index (χ3n) is 2.19. The Morgan fingerprint density at radius 2 is 2.25 bits per heavy atom. The number of aromatic nitrogens is 3. The van der Waals surface area contributed by atoms with E-state index in [0.717, 1.165) is 5.56 Å². The maximum Gasteiger partial charge on any atom is 0.221 e. The Morgan fingerprint density at radius 1 is 1.44 bits per heavy atom. The molecule has 0 bridgehead atoms. The molecule has 5 heteroatoms. The molecule has 0 unspecified atom stereocenters. The molecular weight excluding hydrogens is 204 g/mol. The summed E-state index contributed by atoms with van der Waals surface area (Å²) in [6, 6.07) is 1.85. The minimum atomic E-state index is -0.113. The van der Waals surface area contributed by atoms with E-state index in [1.54, 1.807) is 29.5 Å². The first-order valence-electron chi connectivity index (χ1n) is 4.90. The van der Waals surface area contributed by atoms with Crippen LogP contribution in [0.25, 0.3) is 5.82 Å². The molecule has 2 aromatic heterocycles. The molecule has 1 amide bonds. The third kappa shape index (κ3) is 1.93. The van der Waals surface area contributed by atoms with Gasteiger partial charge in [-0.3, -0.25) is 9.36 Å². The fourth-order valence-electron chi connectivity index (χ4n) is 1.45. The molecule has 2 rings (SSSR count). The molecule has 0 aromatic carbocycles. The predicted octanol–water partition coefficient (Wildman–Crippen LogP) is 1.53. The molecular formula is C11H12N4O. The van der Waals surface area contributed by atoms with Crippen molar-refractivity contribution in [1.82, 2.24) is 14.5 Å². The Bertz CT molecular complexity index is 505. The number of imidazole rings is 1. The number of nitrogens with zero attached hydrogens (tertiary/aromatic N) is 3. The maximum absolute atomic E-state index is 11.1. The molecule has 0 aliphatic carbocycles. The van der Waals surface area contributed by atoms with E-state index in [1.165, 1.54) is 6.92 Å². The summed E-state index contributed by atoms with van der Waals surface area (Å²) in [5, 5.41) is 2.78. The van der Waals surface area contributed by atoms with E-state index < -0.39 is 0 Å². The molecule has 82 valence electrons. The smallest absolute Gasteiger partial charge is 0.221 e. The van der Waals surface area contributed by atoms with Crippen molar-refractivity contribution in [3.8, 4) is 5.82 Å². The number of carbonyl (C=O) groups excluding carboxylic acids is 1. The van der Waals surface area contributed by atoms with Crippen molar-refractivity contribution >= 4 is 11.6 Å². The van der Waals surface area contributed by atoms with Crippen LogP contribution in [0.1, 0.15) is 12.5 Å². The first-order chi connectivity index (χ1) is 7.68. The van der Waals surface area contributed by atoms with Crippen molar-refractivity contribution in [2.75, 3.05) is 5.32 Å². The van der Waals surface area contributed by atoms with Gasteiger partial charge in [-0.1, -0.05) is 0 Å². The molecule has 0 aliphatic heterocycles. The molecule has 16 heavy (non-hydrogen) atoms. The summed E-state index contributed by atoms with van der Waals surface area (Å²) in [6.45, 7) is 3.40. The number of aryl methyl sites for hydroxylation is 1. The number of carbonyl (C=O) groups is 1. The summed E-state index contributed by atoms with van der Waals surface area (Å²) in [5.41, 5.74) is 1.68. The Hall–Kier alpha value is -2.17. The molecule has 1 N–H and O–H groups in total. The van der Waals surface area contributed by atoms with Gasteiger partial charge in [-0.25, -0.2) is 9.97 Å². The Balaban J connectivity index is 2.52. The predicted molar refractivity (Wildman–Crippen MR) is 60.4 cm³/mol. The van der Waals surface area contributed by atoms with Crippen LogP contribution in [-0.4, -0.2) is 20.4 Å². The lowest BCUT2D eigenvalue weighted by Gasteiger charge is -2.11. The molecule has 2 heterocycles. The van der Waals surface area contributed by atoms with Crippen molar-refractivity contribution in [2.24, 2.45) is 0 Å². The molecule has 0 saturated carbocycles. The summed E-state index contributed by atoms with van der Waals surface area (Å²) in [6.07, 6.45) is 6.80. The van der Waals surface area contributed by atoms with E-state index in [9.17, 15) is 4.79 Å². The van der Waals surface area contributed by atoms with Crippen LogP contribution < -0.4 is 5.32 Å². The van der Waals surface area contributed by atoms with E-state index in [4.69, 9.17) is 0 Å². The van der Waals surface area contributed by atoms with Crippen molar-refractivity contribution in [1.29, 1.82) is 0 Å². The van der Waals surface area contributed by atoms with Crippen molar-refractivity contribution < 1.29 is 4.79 Å². The lowest BCUT2D eigenvalue weighted by atomic mass is 10.2. The Kier molecular flexibility index (Phi) is 2.68. The highest BCUT2D eigenvalue weighted by molar-refractivity contribution is 5.91. The van der Waals surface area contributed by atoms with Crippen LogP contribution in [-0.2, 0) is 4.79 Å². The first-order valence-corrected chi connectivity index (χ1v) is 4.90. The Morgan fingerprint density at radius 3 is 2.88 bits per heavy atom. The normalized spacial score (nSPS) is 10.1. The summed E-state index contributed by atoms with van der Waals surface area (Å²) in [7, 11) is 0. The zero-order valence-electron chi connectivity index (χ0n) is 9.14. The molecule has 0 saturated heterocycles. The van der Waals surface area contributed by atoms with Gasteiger partial charge in [0.15, 0.2) is 5.82 Å². The molecule has 0 fully saturated rings. The van der Waals surface area contributed by atoms with Crippen LogP contribution >= 0.6 is 0 Å². The zero-order valence-corrected chi connectivity index (χ0v) is 9.14. The highest BCUT2D eigenvalue weighted by Crippen LogP contribution is 2.21. The topological polar surface area (TPSA) is 59.8 Å². The van der Waals surface area contributed by atoms with Crippen LogP contribution in [0.5, 0.6) is 0 Å². The van der Waals surface area contributed by atoms with Gasteiger partial charge in [0.2, 0.25) is 5.91 Å². The minimum Gasteiger partial charge on any atom is -0.323 e. The van der Waals surface area contributed by atoms with Crippen LogP contribution in [0.3, 0.4) is 0 Å². The molecule has 2 aromatic rings. The van der Waals surface area contributed by atoms with E-state index in [0.29, 0.717) is 11.5 Å². The summed E-state index contributed by atoms with van der Waals surface area (Å²) >= 11 is 0. The first kappa shape index (κ1) is 10.4. The number of pyridine rings is 1. The van der Waals surface area contributed by atoms with Crippen LogP contribution in [0.2, 0.25) is 0 Å². The molecule has 0 aliphatic rings. The van der Waals surface area contributed by atoms with E-state index in [2.05, 4.69) is 15.3 Å². The van der Waals surface area contributed by atoms with Gasteiger partial charge in [0.1, 0.15) is 6.33 Å². The molecule has 0 radical (unpaired) electrons. The lowest BCUT2D eigenvalue weighted by molar-refractivity contribution is -0.114. The maximum atomic E-state index is 11.1. The fraction of sp³-hybridized carbons (Fsp3) is 0.182. The van der Waals surface area contributed by atoms with E-state index in [-0.39, 0.29) is 5.91 Å². The zero-order chi connectivity index (χ0) is 11.5. The van der Waals surface area contributed by atoms with Gasteiger partial charge in [-0.05, 0) is 18.6 Å². The molecule has 0 spiro atoms. The standard InChI is InChI=1S/C11H12N4O/c1-8-3-4-13-11(10(8)14-9(2)16)15-6-5-12-7-15/h3-7H,1-2H3,(H,14,16). The van der Waals surface area contributed by atoms with Gasteiger partial charge in [0, 0.05) is 25.5 Å². The summed E-state index contributed by atoms with van der Waals surface area (Å²) < 4.78 is 1.76. The average Bonchev–Trinajstić information content (AvgIpc) is 2.73. The molecule has 5 nitrogen and oxygen atoms in total. The van der Waals surface area contributed by atoms with E-state index in [1.807, 2.05) is 13.0 Å². The van der Waals surface area contributed by atoms with Crippen molar-refractivity contribution in [3.05, 3.63) is 36.5 Å². The van der Waals surface area contributed by atoms with Gasteiger partial charge in [0.05, 0.1) is 5.69 Å². The highest BCUT2D eigenvalue weighted by Gasteiger charge is 2.09. The summed E-state index contributed by atoms with van der Waals surface area (Å²) in [5.74, 6) is 0.560. The van der Waals surface area contributed by atoms with E-state index >= 15 is 0 Å².